The molecular formula is C14H23N3. The highest BCUT2D eigenvalue weighted by Gasteiger charge is 2.31. The van der Waals surface area contributed by atoms with Gasteiger partial charge < -0.3 is 4.57 Å². The van der Waals surface area contributed by atoms with Crippen molar-refractivity contribution in [3.63, 3.8) is 0 Å². The first-order chi connectivity index (χ1) is 8.31. The Hall–Kier alpha value is -0.830. The lowest BCUT2D eigenvalue weighted by molar-refractivity contribution is 0.248. The Morgan fingerprint density at radius 3 is 3.06 bits per heavy atom. The van der Waals surface area contributed by atoms with Crippen molar-refractivity contribution in [3.05, 3.63) is 17.7 Å². The molecule has 2 aliphatic rings. The van der Waals surface area contributed by atoms with Crippen LogP contribution < -0.4 is 0 Å². The van der Waals surface area contributed by atoms with Crippen molar-refractivity contribution in [1.82, 2.24) is 14.5 Å². The maximum atomic E-state index is 4.75. The van der Waals surface area contributed by atoms with Crippen LogP contribution in [0.5, 0.6) is 0 Å². The number of rotatable bonds is 2. The molecule has 1 aromatic heterocycles. The van der Waals surface area contributed by atoms with Gasteiger partial charge in [-0.25, -0.2) is 4.98 Å². The van der Waals surface area contributed by atoms with E-state index in [9.17, 15) is 0 Å². The van der Waals surface area contributed by atoms with Crippen molar-refractivity contribution in [3.8, 4) is 0 Å². The minimum atomic E-state index is 0.578. The second-order valence-electron chi connectivity index (χ2n) is 5.51. The maximum absolute atomic E-state index is 4.75. The van der Waals surface area contributed by atoms with E-state index in [1.165, 1.54) is 50.2 Å². The van der Waals surface area contributed by atoms with E-state index < -0.39 is 0 Å². The topological polar surface area (TPSA) is 21.1 Å². The number of fused-ring (bicyclic) bond motifs is 1. The summed E-state index contributed by atoms with van der Waals surface area (Å²) in [5.41, 5.74) is 1.46. The number of nitrogens with zero attached hydrogens (tertiary/aromatic N) is 3. The largest absolute Gasteiger partial charge is 0.328 e. The van der Waals surface area contributed by atoms with Crippen molar-refractivity contribution in [2.24, 2.45) is 0 Å². The molecule has 1 aromatic rings. The molecule has 0 radical (unpaired) electrons. The van der Waals surface area contributed by atoms with Crippen LogP contribution in [0.25, 0.3) is 0 Å². The summed E-state index contributed by atoms with van der Waals surface area (Å²) in [5, 5.41) is 0. The number of imidazole rings is 1. The third-order valence-corrected chi connectivity index (χ3v) is 4.47. The van der Waals surface area contributed by atoms with Crippen LogP contribution in [-0.4, -0.2) is 27.5 Å². The van der Waals surface area contributed by atoms with Crippen LogP contribution in [0.15, 0.2) is 6.20 Å². The van der Waals surface area contributed by atoms with E-state index in [0.717, 1.165) is 6.54 Å². The molecule has 0 amide bonds. The van der Waals surface area contributed by atoms with Gasteiger partial charge in [-0.1, -0.05) is 6.92 Å². The van der Waals surface area contributed by atoms with Gasteiger partial charge in [0, 0.05) is 17.9 Å². The third kappa shape index (κ3) is 1.81. The van der Waals surface area contributed by atoms with Gasteiger partial charge in [0.05, 0.1) is 6.04 Å². The SMILES string of the molecule is CCN1CCCC1c1ncc2n1C(C)CCC2. The fraction of sp³-hybridized carbons (Fsp3) is 0.786. The normalized spacial score (nSPS) is 29.5. The zero-order valence-corrected chi connectivity index (χ0v) is 11.0. The fourth-order valence-electron chi connectivity index (χ4n) is 3.56. The molecular weight excluding hydrogens is 210 g/mol. The second-order valence-corrected chi connectivity index (χ2v) is 5.51. The van der Waals surface area contributed by atoms with Crippen LogP contribution in [-0.2, 0) is 6.42 Å². The molecule has 0 bridgehead atoms. The quantitative estimate of drug-likeness (QED) is 0.783. The lowest BCUT2D eigenvalue weighted by Crippen LogP contribution is -2.27. The van der Waals surface area contributed by atoms with E-state index in [1.54, 1.807) is 0 Å². The summed E-state index contributed by atoms with van der Waals surface area (Å²) in [6, 6.07) is 1.23. The van der Waals surface area contributed by atoms with Gasteiger partial charge >= 0.3 is 0 Å². The Kier molecular flexibility index (Phi) is 2.95. The molecule has 3 heterocycles. The first-order valence-electron chi connectivity index (χ1n) is 7.11. The predicted octanol–water partition coefficient (Wildman–Crippen LogP) is 2.94. The Morgan fingerprint density at radius 2 is 2.24 bits per heavy atom. The van der Waals surface area contributed by atoms with Gasteiger partial charge in [0.15, 0.2) is 0 Å². The van der Waals surface area contributed by atoms with Crippen LogP contribution in [0.3, 0.4) is 0 Å². The number of hydrogen-bond acceptors (Lipinski definition) is 2. The minimum Gasteiger partial charge on any atom is -0.328 e. The molecule has 3 nitrogen and oxygen atoms in total. The van der Waals surface area contributed by atoms with Gasteiger partial charge in [-0.05, 0) is 52.1 Å². The molecule has 1 fully saturated rings. The van der Waals surface area contributed by atoms with Gasteiger partial charge in [-0.3, -0.25) is 4.90 Å². The van der Waals surface area contributed by atoms with Crippen LogP contribution in [0.2, 0.25) is 0 Å². The summed E-state index contributed by atoms with van der Waals surface area (Å²) < 4.78 is 2.53. The fourth-order valence-corrected chi connectivity index (χ4v) is 3.56. The molecule has 0 aromatic carbocycles. The van der Waals surface area contributed by atoms with Gasteiger partial charge in [-0.2, -0.15) is 0 Å². The minimum absolute atomic E-state index is 0.578. The molecule has 0 spiro atoms. The Balaban J connectivity index is 1.95. The predicted molar refractivity (Wildman–Crippen MR) is 69.1 cm³/mol. The van der Waals surface area contributed by atoms with Crippen LogP contribution in [0, 0.1) is 0 Å². The molecule has 2 atom stereocenters. The molecule has 0 N–H and O–H groups in total. The summed E-state index contributed by atoms with van der Waals surface area (Å²) in [5.74, 6) is 1.34. The van der Waals surface area contributed by atoms with Crippen molar-refractivity contribution >= 4 is 0 Å². The highest BCUT2D eigenvalue weighted by atomic mass is 15.2. The van der Waals surface area contributed by atoms with E-state index in [0.29, 0.717) is 12.1 Å². The van der Waals surface area contributed by atoms with E-state index >= 15 is 0 Å². The number of aromatic nitrogens is 2. The highest BCUT2D eigenvalue weighted by molar-refractivity contribution is 5.14. The summed E-state index contributed by atoms with van der Waals surface area (Å²) in [6.45, 7) is 7.01. The summed E-state index contributed by atoms with van der Waals surface area (Å²) in [7, 11) is 0. The summed E-state index contributed by atoms with van der Waals surface area (Å²) >= 11 is 0. The van der Waals surface area contributed by atoms with E-state index in [1.807, 2.05) is 0 Å². The van der Waals surface area contributed by atoms with Gasteiger partial charge in [0.1, 0.15) is 5.82 Å². The molecule has 2 aliphatic heterocycles. The van der Waals surface area contributed by atoms with Crippen molar-refractivity contribution in [1.29, 1.82) is 0 Å². The standard InChI is InChI=1S/C14H23N3/c1-3-16-9-5-8-13(16)14-15-10-12-7-4-6-11(2)17(12)14/h10-11,13H,3-9H2,1-2H3. The van der Waals surface area contributed by atoms with Crippen LogP contribution in [0.1, 0.15) is 63.1 Å². The summed E-state index contributed by atoms with van der Waals surface area (Å²) in [6.07, 6.45) is 8.60. The molecule has 3 heteroatoms. The zero-order valence-electron chi connectivity index (χ0n) is 11.0. The van der Waals surface area contributed by atoms with Crippen molar-refractivity contribution < 1.29 is 0 Å². The first kappa shape index (κ1) is 11.3. The van der Waals surface area contributed by atoms with E-state index in [4.69, 9.17) is 4.98 Å². The molecule has 1 saturated heterocycles. The molecule has 94 valence electrons. The molecule has 0 saturated carbocycles. The average Bonchev–Trinajstić information content (AvgIpc) is 2.94. The smallest absolute Gasteiger partial charge is 0.126 e. The Bertz CT molecular complexity index is 396. The van der Waals surface area contributed by atoms with Gasteiger partial charge in [0.25, 0.3) is 0 Å². The van der Waals surface area contributed by atoms with Gasteiger partial charge in [-0.15, -0.1) is 0 Å². The Labute approximate surface area is 104 Å². The third-order valence-electron chi connectivity index (χ3n) is 4.47. The van der Waals surface area contributed by atoms with E-state index in [-0.39, 0.29) is 0 Å². The van der Waals surface area contributed by atoms with Crippen LogP contribution >= 0.6 is 0 Å². The maximum Gasteiger partial charge on any atom is 0.126 e. The lowest BCUT2D eigenvalue weighted by atomic mass is 10.0. The molecule has 17 heavy (non-hydrogen) atoms. The zero-order chi connectivity index (χ0) is 11.8. The first-order valence-corrected chi connectivity index (χ1v) is 7.11. The lowest BCUT2D eigenvalue weighted by Gasteiger charge is -2.29. The number of hydrogen-bond donors (Lipinski definition) is 0. The highest BCUT2D eigenvalue weighted by Crippen LogP contribution is 2.35. The van der Waals surface area contributed by atoms with Crippen molar-refractivity contribution in [2.75, 3.05) is 13.1 Å². The number of aryl methyl sites for hydroxylation is 1. The number of likely N-dealkylation sites (tertiary alicyclic amines) is 1. The second kappa shape index (κ2) is 4.45. The average molecular weight is 233 g/mol. The molecule has 3 rings (SSSR count). The molecule has 2 unspecified atom stereocenters. The molecule has 0 aliphatic carbocycles. The van der Waals surface area contributed by atoms with Crippen LogP contribution in [0.4, 0.5) is 0 Å². The van der Waals surface area contributed by atoms with Crippen molar-refractivity contribution in [2.45, 2.75) is 58.0 Å². The van der Waals surface area contributed by atoms with E-state index in [2.05, 4.69) is 29.5 Å². The van der Waals surface area contributed by atoms with Gasteiger partial charge in [0.2, 0.25) is 0 Å². The monoisotopic (exact) mass is 233 g/mol. The summed E-state index contributed by atoms with van der Waals surface area (Å²) in [4.78, 5) is 7.33. The Morgan fingerprint density at radius 1 is 1.35 bits per heavy atom.